The second kappa shape index (κ2) is 12.4. The van der Waals surface area contributed by atoms with Gasteiger partial charge in [0, 0.05) is 45.5 Å². The first-order valence-electron chi connectivity index (χ1n) is 17.7. The molecule has 0 N–H and O–H groups in total. The molecule has 0 unspecified atom stereocenters. The van der Waals surface area contributed by atoms with E-state index in [0.29, 0.717) is 0 Å². The topological polar surface area (TPSA) is 22.8 Å². The Morgan fingerprint density at radius 2 is 0.942 bits per heavy atom. The highest BCUT2D eigenvalue weighted by Gasteiger charge is 2.19. The third-order valence-electron chi connectivity index (χ3n) is 10.2. The minimum Gasteiger partial charge on any atom is -0.316 e. The normalized spacial score (nSPS) is 11.5. The van der Waals surface area contributed by atoms with Crippen molar-refractivity contribution in [1.29, 1.82) is 0 Å². The van der Waals surface area contributed by atoms with E-state index in [2.05, 4.69) is 196 Å². The number of fused-ring (bicyclic) bond motifs is 5. The molecule has 7 aromatic carbocycles. The zero-order valence-corrected chi connectivity index (χ0v) is 28.4. The highest BCUT2D eigenvalue weighted by atomic mass is 15.0. The summed E-state index contributed by atoms with van der Waals surface area (Å²) in [6.45, 7) is 0. The van der Waals surface area contributed by atoms with Gasteiger partial charge in [-0.25, -0.2) is 0 Å². The molecule has 3 heteroatoms. The van der Waals surface area contributed by atoms with Crippen molar-refractivity contribution in [3.63, 3.8) is 0 Å². The lowest BCUT2D eigenvalue weighted by atomic mass is 9.98. The summed E-state index contributed by atoms with van der Waals surface area (Å²) in [7, 11) is 0. The second-order valence-electron chi connectivity index (χ2n) is 13.3. The first kappa shape index (κ1) is 29.9. The molecule has 10 aromatic rings. The highest BCUT2D eigenvalue weighted by molar-refractivity contribution is 6.19. The van der Waals surface area contributed by atoms with Gasteiger partial charge in [-0.15, -0.1) is 0 Å². The maximum atomic E-state index is 4.55. The van der Waals surface area contributed by atoms with E-state index in [4.69, 9.17) is 0 Å². The van der Waals surface area contributed by atoms with Gasteiger partial charge in [0.2, 0.25) is 0 Å². The fourth-order valence-electron chi connectivity index (χ4n) is 7.69. The van der Waals surface area contributed by atoms with Crippen LogP contribution in [-0.2, 0) is 0 Å². The van der Waals surface area contributed by atoms with E-state index in [1.807, 2.05) is 18.3 Å². The van der Waals surface area contributed by atoms with Crippen molar-refractivity contribution in [2.75, 3.05) is 0 Å². The van der Waals surface area contributed by atoms with Crippen LogP contribution in [0.3, 0.4) is 0 Å². The molecule has 3 aromatic heterocycles. The van der Waals surface area contributed by atoms with Crippen molar-refractivity contribution in [1.82, 2.24) is 14.1 Å². The summed E-state index contributed by atoms with van der Waals surface area (Å²) in [6, 6.07) is 67.6. The van der Waals surface area contributed by atoms with Gasteiger partial charge in [-0.1, -0.05) is 121 Å². The van der Waals surface area contributed by atoms with Crippen LogP contribution in [0, 0.1) is 0 Å². The van der Waals surface area contributed by atoms with Crippen LogP contribution in [0.15, 0.2) is 200 Å². The van der Waals surface area contributed by atoms with Gasteiger partial charge in [-0.05, 0) is 100 Å². The summed E-state index contributed by atoms with van der Waals surface area (Å²) >= 11 is 0. The van der Waals surface area contributed by atoms with Gasteiger partial charge in [0.15, 0.2) is 0 Å². The van der Waals surface area contributed by atoms with Crippen molar-refractivity contribution in [2.45, 2.75) is 0 Å². The molecule has 0 atom stereocenters. The Morgan fingerprint density at radius 1 is 0.346 bits per heavy atom. The molecule has 52 heavy (non-hydrogen) atoms. The maximum absolute atomic E-state index is 4.55. The number of aromatic nitrogens is 3. The number of para-hydroxylation sites is 1. The molecule has 0 aliphatic heterocycles. The Morgan fingerprint density at radius 3 is 1.62 bits per heavy atom. The Bertz CT molecular complexity index is 2790. The monoisotopic (exact) mass is 663 g/mol. The molecule has 0 bridgehead atoms. The average Bonchev–Trinajstić information content (AvgIpc) is 3.81. The number of pyridine rings is 1. The summed E-state index contributed by atoms with van der Waals surface area (Å²) < 4.78 is 4.77. The van der Waals surface area contributed by atoms with Crippen molar-refractivity contribution in [3.8, 4) is 56.0 Å². The van der Waals surface area contributed by atoms with Crippen LogP contribution in [0.4, 0.5) is 0 Å². The van der Waals surface area contributed by atoms with Crippen LogP contribution in [0.25, 0.3) is 88.7 Å². The third kappa shape index (κ3) is 5.10. The third-order valence-corrected chi connectivity index (χ3v) is 10.2. The molecule has 0 aliphatic carbocycles. The smallest absolute Gasteiger partial charge is 0.0701 e. The van der Waals surface area contributed by atoms with Gasteiger partial charge in [-0.2, -0.15) is 0 Å². The average molecular weight is 664 g/mol. The van der Waals surface area contributed by atoms with Gasteiger partial charge >= 0.3 is 0 Å². The molecule has 0 saturated heterocycles. The van der Waals surface area contributed by atoms with Crippen LogP contribution >= 0.6 is 0 Å². The number of benzene rings is 7. The van der Waals surface area contributed by atoms with Gasteiger partial charge in [0.1, 0.15) is 0 Å². The molecule has 0 radical (unpaired) electrons. The van der Waals surface area contributed by atoms with E-state index in [9.17, 15) is 0 Å². The molecule has 3 nitrogen and oxygen atoms in total. The summed E-state index contributed by atoms with van der Waals surface area (Å²) in [5.74, 6) is 0. The van der Waals surface area contributed by atoms with Crippen LogP contribution in [0.2, 0.25) is 0 Å². The van der Waals surface area contributed by atoms with E-state index < -0.39 is 0 Å². The van der Waals surface area contributed by atoms with Crippen LogP contribution in [-0.4, -0.2) is 14.1 Å². The van der Waals surface area contributed by atoms with Crippen LogP contribution in [0.5, 0.6) is 0 Å². The number of nitrogens with zero attached hydrogens (tertiary/aromatic N) is 3. The number of hydrogen-bond donors (Lipinski definition) is 0. The Kier molecular flexibility index (Phi) is 7.14. The molecule has 0 saturated carbocycles. The summed E-state index contributed by atoms with van der Waals surface area (Å²) in [4.78, 5) is 4.55. The Labute approximate surface area is 302 Å². The van der Waals surface area contributed by atoms with Crippen molar-refractivity contribution in [2.24, 2.45) is 0 Å². The Hall–Kier alpha value is -6.97. The maximum Gasteiger partial charge on any atom is 0.0701 e. The van der Waals surface area contributed by atoms with E-state index >= 15 is 0 Å². The molecule has 0 amide bonds. The van der Waals surface area contributed by atoms with Crippen molar-refractivity contribution >= 4 is 32.7 Å². The zero-order valence-electron chi connectivity index (χ0n) is 28.4. The van der Waals surface area contributed by atoms with Crippen LogP contribution in [0.1, 0.15) is 0 Å². The molecule has 244 valence electrons. The standard InChI is InChI=1S/C49H33N3/c1-4-12-34(13-5-1)39-30-40(35-14-6-2-7-15-35)32-42(31-39)52-48-25-23-38(36-19-21-37(22-20-36)46-18-10-11-28-50-46)33-45(48)43-24-26-47-44(49(43)52)27-29-51(47)41-16-8-3-9-17-41/h1-33H. The molecule has 10 rings (SSSR count). The van der Waals surface area contributed by atoms with E-state index in [1.165, 1.54) is 66.1 Å². The van der Waals surface area contributed by atoms with Gasteiger partial charge in [0.25, 0.3) is 0 Å². The molecule has 3 heterocycles. The predicted molar refractivity (Wildman–Crippen MR) is 217 cm³/mol. The lowest BCUT2D eigenvalue weighted by Crippen LogP contribution is -1.97. The Balaban J connectivity index is 1.23. The fraction of sp³-hybridized carbons (Fsp3) is 0. The first-order chi connectivity index (χ1) is 25.8. The number of rotatable bonds is 6. The predicted octanol–water partition coefficient (Wildman–Crippen LogP) is 12.8. The molecular formula is C49H33N3. The highest BCUT2D eigenvalue weighted by Crippen LogP contribution is 2.41. The van der Waals surface area contributed by atoms with Crippen molar-refractivity contribution in [3.05, 3.63) is 200 Å². The lowest BCUT2D eigenvalue weighted by molar-refractivity contribution is 1.13. The summed E-state index contributed by atoms with van der Waals surface area (Å²) in [5.41, 5.74) is 15.0. The largest absolute Gasteiger partial charge is 0.316 e. The first-order valence-corrected chi connectivity index (χ1v) is 17.7. The van der Waals surface area contributed by atoms with Gasteiger partial charge < -0.3 is 9.13 Å². The molecule has 0 spiro atoms. The second-order valence-corrected chi connectivity index (χ2v) is 13.3. The molecule has 0 aliphatic rings. The van der Waals surface area contributed by atoms with E-state index in [1.54, 1.807) is 0 Å². The molecular weight excluding hydrogens is 631 g/mol. The van der Waals surface area contributed by atoms with Crippen molar-refractivity contribution < 1.29 is 0 Å². The molecule has 0 fully saturated rings. The van der Waals surface area contributed by atoms with Gasteiger partial charge in [0.05, 0.1) is 22.2 Å². The summed E-state index contributed by atoms with van der Waals surface area (Å²) in [6.07, 6.45) is 4.04. The lowest BCUT2D eigenvalue weighted by Gasteiger charge is -2.15. The van der Waals surface area contributed by atoms with Gasteiger partial charge in [-0.3, -0.25) is 4.98 Å². The minimum absolute atomic E-state index is 0.978. The van der Waals surface area contributed by atoms with Crippen LogP contribution < -0.4 is 0 Å². The fourth-order valence-corrected chi connectivity index (χ4v) is 7.69. The van der Waals surface area contributed by atoms with E-state index in [-0.39, 0.29) is 0 Å². The SMILES string of the molecule is c1ccc(-c2cc(-c3ccccc3)cc(-n3c4ccc(-c5ccc(-c6ccccn6)cc5)cc4c4ccc5c(ccn5-c5ccccc5)c43)c2)cc1. The van der Waals surface area contributed by atoms with E-state index in [0.717, 1.165) is 22.6 Å². The quantitative estimate of drug-likeness (QED) is 0.174. The zero-order chi connectivity index (χ0) is 34.4. The summed E-state index contributed by atoms with van der Waals surface area (Å²) in [5, 5.41) is 3.67. The minimum atomic E-state index is 0.978. The number of hydrogen-bond acceptors (Lipinski definition) is 1.